The third-order valence-corrected chi connectivity index (χ3v) is 3.72. The Bertz CT molecular complexity index is 888. The number of rotatable bonds is 6. The number of pyridine rings is 1. The minimum absolute atomic E-state index is 0.152. The minimum atomic E-state index is -0.409. The zero-order chi connectivity index (χ0) is 17.6. The summed E-state index contributed by atoms with van der Waals surface area (Å²) in [6, 6.07) is 10.2. The number of amides is 1. The van der Waals surface area contributed by atoms with Gasteiger partial charge in [0.05, 0.1) is 18.7 Å². The van der Waals surface area contributed by atoms with Gasteiger partial charge in [0.1, 0.15) is 5.69 Å². The van der Waals surface area contributed by atoms with Gasteiger partial charge in [-0.1, -0.05) is 13.0 Å². The van der Waals surface area contributed by atoms with E-state index in [1.165, 1.54) is 10.7 Å². The Hall–Kier alpha value is -3.22. The van der Waals surface area contributed by atoms with Crippen LogP contribution >= 0.6 is 0 Å². The van der Waals surface area contributed by atoms with E-state index in [2.05, 4.69) is 15.4 Å². The Morgan fingerprint density at radius 2 is 2.16 bits per heavy atom. The fourth-order valence-electron chi connectivity index (χ4n) is 2.34. The third kappa shape index (κ3) is 4.20. The van der Waals surface area contributed by atoms with E-state index in [0.29, 0.717) is 18.0 Å². The van der Waals surface area contributed by atoms with Gasteiger partial charge in [0, 0.05) is 25.0 Å². The number of nitrogens with zero attached hydrogens (tertiary/aromatic N) is 3. The molecule has 0 saturated carbocycles. The van der Waals surface area contributed by atoms with E-state index in [-0.39, 0.29) is 18.0 Å². The Labute approximate surface area is 144 Å². The zero-order valence-corrected chi connectivity index (χ0v) is 13.8. The molecule has 3 heterocycles. The maximum atomic E-state index is 12.3. The van der Waals surface area contributed by atoms with Crippen LogP contribution in [-0.2, 0) is 17.9 Å². The van der Waals surface area contributed by atoms with Crippen molar-refractivity contribution < 1.29 is 9.21 Å². The van der Waals surface area contributed by atoms with Crippen molar-refractivity contribution in [3.05, 3.63) is 71.0 Å². The maximum absolute atomic E-state index is 12.3. The number of hydrogen-bond acceptors (Lipinski definition) is 5. The summed E-state index contributed by atoms with van der Waals surface area (Å²) in [5, 5.41) is 7.12. The Balaban J connectivity index is 1.66. The van der Waals surface area contributed by atoms with Gasteiger partial charge in [0.2, 0.25) is 5.91 Å². The second-order valence-electron chi connectivity index (χ2n) is 5.70. The molecule has 0 aliphatic carbocycles. The van der Waals surface area contributed by atoms with Crippen molar-refractivity contribution in [2.24, 2.45) is 5.92 Å². The minimum Gasteiger partial charge on any atom is -0.463 e. The maximum Gasteiger partial charge on any atom is 0.266 e. The number of hydrogen-bond donors (Lipinski definition) is 1. The predicted octanol–water partition coefficient (Wildman–Crippen LogP) is 1.85. The second-order valence-corrected chi connectivity index (χ2v) is 5.70. The molecule has 0 aromatic carbocycles. The number of carbonyl (C=O) groups is 1. The van der Waals surface area contributed by atoms with Crippen LogP contribution in [0.25, 0.3) is 11.5 Å². The number of aromatic nitrogens is 3. The summed E-state index contributed by atoms with van der Waals surface area (Å²) < 4.78 is 6.58. The Kier molecular flexibility index (Phi) is 5.03. The van der Waals surface area contributed by atoms with E-state index < -0.39 is 5.92 Å². The molecule has 1 amide bonds. The molecular weight excluding hydrogens is 320 g/mol. The first-order chi connectivity index (χ1) is 12.1. The van der Waals surface area contributed by atoms with E-state index in [0.717, 1.165) is 5.56 Å². The van der Waals surface area contributed by atoms with Gasteiger partial charge >= 0.3 is 0 Å². The summed E-state index contributed by atoms with van der Waals surface area (Å²) in [6.07, 6.45) is 4.92. The summed E-state index contributed by atoms with van der Waals surface area (Å²) in [6.45, 7) is 2.34. The second kappa shape index (κ2) is 7.57. The average Bonchev–Trinajstić information content (AvgIpc) is 3.17. The first-order valence-electron chi connectivity index (χ1n) is 7.92. The molecule has 128 valence electrons. The molecule has 0 spiro atoms. The van der Waals surface area contributed by atoms with Gasteiger partial charge in [-0.15, -0.1) is 0 Å². The molecule has 1 N–H and O–H groups in total. The molecule has 0 bridgehead atoms. The third-order valence-electron chi connectivity index (χ3n) is 3.72. The highest BCUT2D eigenvalue weighted by molar-refractivity contribution is 5.78. The molecule has 7 heteroatoms. The molecule has 0 aliphatic heterocycles. The fraction of sp³-hybridized carbons (Fsp3) is 0.222. The normalized spacial score (nSPS) is 11.9. The van der Waals surface area contributed by atoms with Crippen molar-refractivity contribution in [2.75, 3.05) is 0 Å². The molecule has 0 aliphatic rings. The molecule has 0 radical (unpaired) electrons. The van der Waals surface area contributed by atoms with Crippen LogP contribution < -0.4 is 10.9 Å². The number of nitrogens with one attached hydrogen (secondary N) is 1. The lowest BCUT2D eigenvalue weighted by atomic mass is 10.1. The van der Waals surface area contributed by atoms with Crippen molar-refractivity contribution in [2.45, 2.75) is 20.0 Å². The highest BCUT2D eigenvalue weighted by atomic mass is 16.3. The van der Waals surface area contributed by atoms with Crippen molar-refractivity contribution in [3.63, 3.8) is 0 Å². The molecule has 0 unspecified atom stereocenters. The standard InChI is InChI=1S/C18H18N4O3/c1-13(18(24)20-11-14-4-2-8-19-10-14)12-22-17(23)7-6-15(21-22)16-5-3-9-25-16/h2-10,13H,11-12H2,1H3,(H,20,24)/t13-/m1/s1. The van der Waals surface area contributed by atoms with Gasteiger partial charge in [0.15, 0.2) is 5.76 Å². The molecule has 3 aromatic rings. The molecule has 3 aromatic heterocycles. The molecule has 3 rings (SSSR count). The van der Waals surface area contributed by atoms with Crippen molar-refractivity contribution >= 4 is 5.91 Å². The van der Waals surface area contributed by atoms with E-state index in [9.17, 15) is 9.59 Å². The molecule has 0 fully saturated rings. The van der Waals surface area contributed by atoms with Crippen molar-refractivity contribution in [1.82, 2.24) is 20.1 Å². The summed E-state index contributed by atoms with van der Waals surface area (Å²) in [4.78, 5) is 28.3. The summed E-state index contributed by atoms with van der Waals surface area (Å²) in [5.41, 5.74) is 1.20. The molecular formula is C18H18N4O3. The van der Waals surface area contributed by atoms with Gasteiger partial charge in [-0.3, -0.25) is 14.6 Å². The lowest BCUT2D eigenvalue weighted by Gasteiger charge is -2.13. The van der Waals surface area contributed by atoms with Crippen LogP contribution in [0.4, 0.5) is 0 Å². The lowest BCUT2D eigenvalue weighted by Crippen LogP contribution is -2.34. The quantitative estimate of drug-likeness (QED) is 0.741. The van der Waals surface area contributed by atoms with Gasteiger partial charge in [-0.05, 0) is 29.8 Å². The SMILES string of the molecule is C[C@H](Cn1nc(-c2ccco2)ccc1=O)C(=O)NCc1cccnc1. The van der Waals surface area contributed by atoms with Crippen molar-refractivity contribution in [1.29, 1.82) is 0 Å². The van der Waals surface area contributed by atoms with Crippen LogP contribution in [0.1, 0.15) is 12.5 Å². The Morgan fingerprint density at radius 1 is 1.28 bits per heavy atom. The molecule has 0 saturated heterocycles. The first kappa shape index (κ1) is 16.6. The van der Waals surface area contributed by atoms with Crippen LogP contribution in [0, 0.1) is 5.92 Å². The predicted molar refractivity (Wildman–Crippen MR) is 91.4 cm³/mol. The molecule has 1 atom stereocenters. The monoisotopic (exact) mass is 338 g/mol. The van der Waals surface area contributed by atoms with Crippen LogP contribution in [0.2, 0.25) is 0 Å². The average molecular weight is 338 g/mol. The van der Waals surface area contributed by atoms with E-state index in [1.54, 1.807) is 43.8 Å². The lowest BCUT2D eigenvalue weighted by molar-refractivity contribution is -0.125. The highest BCUT2D eigenvalue weighted by Gasteiger charge is 2.15. The Morgan fingerprint density at radius 3 is 2.88 bits per heavy atom. The van der Waals surface area contributed by atoms with Crippen molar-refractivity contribution in [3.8, 4) is 11.5 Å². The van der Waals surface area contributed by atoms with Crippen LogP contribution in [0.15, 0.2) is 64.3 Å². The summed E-state index contributed by atoms with van der Waals surface area (Å²) in [5.74, 6) is 0.0112. The number of carbonyl (C=O) groups excluding carboxylic acids is 1. The van der Waals surface area contributed by atoms with E-state index >= 15 is 0 Å². The fourth-order valence-corrected chi connectivity index (χ4v) is 2.34. The topological polar surface area (TPSA) is 90.0 Å². The van der Waals surface area contributed by atoms with E-state index in [4.69, 9.17) is 4.42 Å². The van der Waals surface area contributed by atoms with E-state index in [1.807, 2.05) is 12.1 Å². The number of furan rings is 1. The van der Waals surface area contributed by atoms with Crippen LogP contribution in [-0.4, -0.2) is 20.7 Å². The van der Waals surface area contributed by atoms with Gasteiger partial charge in [0.25, 0.3) is 5.56 Å². The first-order valence-corrected chi connectivity index (χ1v) is 7.92. The van der Waals surface area contributed by atoms with Crippen LogP contribution in [0.3, 0.4) is 0 Å². The van der Waals surface area contributed by atoms with Crippen LogP contribution in [0.5, 0.6) is 0 Å². The summed E-state index contributed by atoms with van der Waals surface area (Å²) in [7, 11) is 0. The zero-order valence-electron chi connectivity index (χ0n) is 13.8. The molecule has 25 heavy (non-hydrogen) atoms. The van der Waals surface area contributed by atoms with Gasteiger partial charge in [-0.2, -0.15) is 5.10 Å². The molecule has 7 nitrogen and oxygen atoms in total. The highest BCUT2D eigenvalue weighted by Crippen LogP contribution is 2.15. The largest absolute Gasteiger partial charge is 0.463 e. The summed E-state index contributed by atoms with van der Waals surface area (Å²) >= 11 is 0. The van der Waals surface area contributed by atoms with Gasteiger partial charge < -0.3 is 9.73 Å². The smallest absolute Gasteiger partial charge is 0.266 e. The van der Waals surface area contributed by atoms with Gasteiger partial charge in [-0.25, -0.2) is 4.68 Å².